The van der Waals surface area contributed by atoms with Crippen LogP contribution >= 0.6 is 0 Å². The summed E-state index contributed by atoms with van der Waals surface area (Å²) in [6, 6.07) is 7.96. The number of halogens is 1. The van der Waals surface area contributed by atoms with Crippen LogP contribution in [-0.2, 0) is 6.54 Å². The molecule has 1 saturated heterocycles. The topological polar surface area (TPSA) is 49.2 Å². The molecule has 2 heterocycles. The Labute approximate surface area is 129 Å². The molecule has 1 unspecified atom stereocenters. The molecule has 1 atom stereocenters. The monoisotopic (exact) mass is 301 g/mol. The van der Waals surface area contributed by atoms with Crippen LogP contribution in [0.15, 0.2) is 42.7 Å². The second kappa shape index (κ2) is 6.94. The van der Waals surface area contributed by atoms with Gasteiger partial charge in [0.2, 0.25) is 0 Å². The third-order valence-corrected chi connectivity index (χ3v) is 4.27. The minimum absolute atomic E-state index is 0.221. The number of rotatable bonds is 4. The number of hydrogen-bond acceptors (Lipinski definition) is 4. The van der Waals surface area contributed by atoms with Crippen molar-refractivity contribution in [2.45, 2.75) is 25.5 Å². The Balaban J connectivity index is 1.54. The molecule has 1 aromatic heterocycles. The molecule has 5 heteroatoms. The molecule has 1 aliphatic rings. The van der Waals surface area contributed by atoms with Gasteiger partial charge in [0, 0.05) is 12.4 Å². The minimum Gasteiger partial charge on any atom is -0.388 e. The van der Waals surface area contributed by atoms with Gasteiger partial charge in [-0.25, -0.2) is 14.4 Å². The van der Waals surface area contributed by atoms with Crippen LogP contribution in [0, 0.1) is 11.7 Å². The van der Waals surface area contributed by atoms with E-state index in [1.165, 1.54) is 12.1 Å². The van der Waals surface area contributed by atoms with E-state index in [2.05, 4.69) is 14.9 Å². The van der Waals surface area contributed by atoms with Crippen LogP contribution in [0.5, 0.6) is 0 Å². The first-order valence-corrected chi connectivity index (χ1v) is 7.64. The lowest BCUT2D eigenvalue weighted by atomic mass is 9.87. The lowest BCUT2D eigenvalue weighted by molar-refractivity contribution is 0.0560. The molecule has 1 N–H and O–H groups in total. The highest BCUT2D eigenvalue weighted by molar-refractivity contribution is 5.19. The molecule has 1 fully saturated rings. The number of aliphatic hydroxyl groups excluding tert-OH is 1. The number of benzene rings is 1. The summed E-state index contributed by atoms with van der Waals surface area (Å²) in [4.78, 5) is 10.8. The molecule has 0 bridgehead atoms. The van der Waals surface area contributed by atoms with Gasteiger partial charge in [0.15, 0.2) is 0 Å². The van der Waals surface area contributed by atoms with Gasteiger partial charge >= 0.3 is 0 Å². The summed E-state index contributed by atoms with van der Waals surface area (Å²) in [5.74, 6) is 0.784. The van der Waals surface area contributed by atoms with E-state index in [1.54, 1.807) is 24.5 Å². The summed E-state index contributed by atoms with van der Waals surface area (Å²) in [6.45, 7) is 2.59. The van der Waals surface area contributed by atoms with E-state index in [0.717, 1.165) is 43.9 Å². The Morgan fingerprint density at radius 2 is 1.77 bits per heavy atom. The van der Waals surface area contributed by atoms with Crippen molar-refractivity contribution in [2.75, 3.05) is 13.1 Å². The lowest BCUT2D eigenvalue weighted by Gasteiger charge is -2.33. The summed E-state index contributed by atoms with van der Waals surface area (Å²) in [5, 5.41) is 10.4. The van der Waals surface area contributed by atoms with Gasteiger partial charge in [-0.3, -0.25) is 4.90 Å². The van der Waals surface area contributed by atoms with Crippen molar-refractivity contribution < 1.29 is 9.50 Å². The summed E-state index contributed by atoms with van der Waals surface area (Å²) in [5.41, 5.74) is 0.797. The second-order valence-corrected chi connectivity index (χ2v) is 5.77. The van der Waals surface area contributed by atoms with Crippen LogP contribution in [-0.4, -0.2) is 33.1 Å². The van der Waals surface area contributed by atoms with E-state index in [4.69, 9.17) is 0 Å². The number of piperidine rings is 1. The average molecular weight is 301 g/mol. The van der Waals surface area contributed by atoms with Gasteiger partial charge in [0.05, 0.1) is 12.6 Å². The Hall–Kier alpha value is -1.85. The number of likely N-dealkylation sites (tertiary alicyclic amines) is 1. The highest BCUT2D eigenvalue weighted by Crippen LogP contribution is 2.31. The predicted octanol–water partition coefficient (Wildman–Crippen LogP) is 2.56. The Kier molecular flexibility index (Phi) is 4.75. The molecule has 3 rings (SSSR count). The molecule has 4 nitrogen and oxygen atoms in total. The molecular formula is C17H20FN3O. The van der Waals surface area contributed by atoms with Crippen molar-refractivity contribution >= 4 is 0 Å². The molecule has 0 aliphatic carbocycles. The van der Waals surface area contributed by atoms with E-state index in [1.807, 2.05) is 6.07 Å². The molecular weight excluding hydrogens is 281 g/mol. The third-order valence-electron chi connectivity index (χ3n) is 4.27. The zero-order chi connectivity index (χ0) is 15.4. The van der Waals surface area contributed by atoms with E-state index >= 15 is 0 Å². The van der Waals surface area contributed by atoms with Crippen LogP contribution < -0.4 is 0 Å². The predicted molar refractivity (Wildman–Crippen MR) is 81.4 cm³/mol. The van der Waals surface area contributed by atoms with Crippen LogP contribution in [0.1, 0.15) is 30.3 Å². The van der Waals surface area contributed by atoms with Crippen molar-refractivity contribution in [3.05, 3.63) is 59.9 Å². The van der Waals surface area contributed by atoms with Gasteiger partial charge in [0.25, 0.3) is 0 Å². The summed E-state index contributed by atoms with van der Waals surface area (Å²) in [6.07, 6.45) is 4.84. The van der Waals surface area contributed by atoms with E-state index in [-0.39, 0.29) is 11.7 Å². The first kappa shape index (κ1) is 15.1. The zero-order valence-corrected chi connectivity index (χ0v) is 12.4. The largest absolute Gasteiger partial charge is 0.388 e. The van der Waals surface area contributed by atoms with Crippen molar-refractivity contribution in [3.8, 4) is 0 Å². The maximum atomic E-state index is 13.0. The molecule has 0 saturated carbocycles. The fourth-order valence-electron chi connectivity index (χ4n) is 2.97. The van der Waals surface area contributed by atoms with Gasteiger partial charge in [0.1, 0.15) is 11.6 Å². The summed E-state index contributed by atoms with van der Waals surface area (Å²) >= 11 is 0. The Bertz CT molecular complexity index is 583. The van der Waals surface area contributed by atoms with Gasteiger partial charge in [-0.05, 0) is 55.6 Å². The van der Waals surface area contributed by atoms with Gasteiger partial charge in [-0.2, -0.15) is 0 Å². The minimum atomic E-state index is -0.518. The average Bonchev–Trinajstić information content (AvgIpc) is 2.57. The summed E-state index contributed by atoms with van der Waals surface area (Å²) < 4.78 is 13.0. The fraction of sp³-hybridized carbons (Fsp3) is 0.412. The van der Waals surface area contributed by atoms with Gasteiger partial charge in [-0.1, -0.05) is 12.1 Å². The number of aliphatic hydroxyl groups is 1. The fourth-order valence-corrected chi connectivity index (χ4v) is 2.97. The molecule has 0 spiro atoms. The smallest absolute Gasteiger partial charge is 0.142 e. The van der Waals surface area contributed by atoms with Gasteiger partial charge in [-0.15, -0.1) is 0 Å². The first-order chi connectivity index (χ1) is 10.7. The van der Waals surface area contributed by atoms with Crippen molar-refractivity contribution in [1.29, 1.82) is 0 Å². The van der Waals surface area contributed by atoms with Crippen LogP contribution in [0.2, 0.25) is 0 Å². The molecule has 1 aliphatic heterocycles. The van der Waals surface area contributed by atoms with Crippen molar-refractivity contribution in [3.63, 3.8) is 0 Å². The van der Waals surface area contributed by atoms with E-state index < -0.39 is 6.10 Å². The molecule has 0 amide bonds. The maximum absolute atomic E-state index is 13.0. The number of nitrogens with zero attached hydrogens (tertiary/aromatic N) is 3. The van der Waals surface area contributed by atoms with Gasteiger partial charge < -0.3 is 5.11 Å². The first-order valence-electron chi connectivity index (χ1n) is 7.64. The standard InChI is InChI=1S/C17H20FN3O/c18-15-4-2-13(3-5-15)17(22)14-6-10-21(11-7-14)12-16-19-8-1-9-20-16/h1-5,8-9,14,17,22H,6-7,10-12H2. The maximum Gasteiger partial charge on any atom is 0.142 e. The lowest BCUT2D eigenvalue weighted by Crippen LogP contribution is -2.35. The SMILES string of the molecule is OC(c1ccc(F)cc1)C1CCN(Cc2ncccn2)CC1. The number of aromatic nitrogens is 2. The normalized spacial score (nSPS) is 18.3. The van der Waals surface area contributed by atoms with E-state index in [9.17, 15) is 9.50 Å². The highest BCUT2D eigenvalue weighted by Gasteiger charge is 2.26. The molecule has 2 aromatic rings. The zero-order valence-electron chi connectivity index (χ0n) is 12.4. The highest BCUT2D eigenvalue weighted by atomic mass is 19.1. The Morgan fingerprint density at radius 1 is 1.14 bits per heavy atom. The van der Waals surface area contributed by atoms with Crippen LogP contribution in [0.3, 0.4) is 0 Å². The van der Waals surface area contributed by atoms with Crippen molar-refractivity contribution in [1.82, 2.24) is 14.9 Å². The molecule has 0 radical (unpaired) electrons. The molecule has 116 valence electrons. The molecule has 22 heavy (non-hydrogen) atoms. The molecule has 1 aromatic carbocycles. The van der Waals surface area contributed by atoms with E-state index in [0.29, 0.717) is 0 Å². The van der Waals surface area contributed by atoms with Crippen LogP contribution in [0.25, 0.3) is 0 Å². The van der Waals surface area contributed by atoms with Crippen molar-refractivity contribution in [2.24, 2.45) is 5.92 Å². The quantitative estimate of drug-likeness (QED) is 0.943. The van der Waals surface area contributed by atoms with Crippen LogP contribution in [0.4, 0.5) is 4.39 Å². The number of hydrogen-bond donors (Lipinski definition) is 1. The Morgan fingerprint density at radius 3 is 2.41 bits per heavy atom. The second-order valence-electron chi connectivity index (χ2n) is 5.77. The summed E-state index contributed by atoms with van der Waals surface area (Å²) in [7, 11) is 0. The third kappa shape index (κ3) is 3.67.